The molecule has 0 heterocycles. The molecular formula is C12H9BrF2N2O2S. The molecule has 0 aliphatic carbocycles. The fraction of sp³-hybridized carbons (Fsp3) is 0. The maximum atomic E-state index is 13.7. The summed E-state index contributed by atoms with van der Waals surface area (Å²) >= 11 is 2.84. The van der Waals surface area contributed by atoms with Crippen molar-refractivity contribution in [3.05, 3.63) is 52.5 Å². The van der Waals surface area contributed by atoms with Crippen LogP contribution in [0.25, 0.3) is 0 Å². The first kappa shape index (κ1) is 14.7. The van der Waals surface area contributed by atoms with E-state index in [0.717, 1.165) is 6.07 Å². The standard InChI is InChI=1S/C12H9BrF2N2O2S/c13-10-4-7(14)5-11(15)12(10)20(18,19)17-9-3-1-2-8(16)6-9/h1-6,17H,16H2. The monoisotopic (exact) mass is 362 g/mol. The second kappa shape index (κ2) is 5.37. The summed E-state index contributed by atoms with van der Waals surface area (Å²) < 4.78 is 52.9. The predicted molar refractivity (Wildman–Crippen MR) is 75.7 cm³/mol. The van der Waals surface area contributed by atoms with Crippen molar-refractivity contribution in [2.24, 2.45) is 0 Å². The normalized spacial score (nSPS) is 11.3. The van der Waals surface area contributed by atoms with Gasteiger partial charge in [0, 0.05) is 16.2 Å². The van der Waals surface area contributed by atoms with Gasteiger partial charge in [-0.15, -0.1) is 0 Å². The third-order valence-corrected chi connectivity index (χ3v) is 4.72. The Kier molecular flexibility index (Phi) is 3.96. The highest BCUT2D eigenvalue weighted by Crippen LogP contribution is 2.28. The minimum Gasteiger partial charge on any atom is -0.399 e. The van der Waals surface area contributed by atoms with Crippen molar-refractivity contribution >= 4 is 37.3 Å². The summed E-state index contributed by atoms with van der Waals surface area (Å²) in [5.74, 6) is -2.06. The average Bonchev–Trinajstić information content (AvgIpc) is 2.25. The Labute approximate surface area is 122 Å². The van der Waals surface area contributed by atoms with Gasteiger partial charge < -0.3 is 5.73 Å². The molecule has 106 valence electrons. The molecule has 0 fully saturated rings. The van der Waals surface area contributed by atoms with E-state index in [9.17, 15) is 17.2 Å². The minimum absolute atomic E-state index is 0.181. The summed E-state index contributed by atoms with van der Waals surface area (Å²) in [5, 5.41) is 0. The van der Waals surface area contributed by atoms with Crippen LogP contribution in [0.2, 0.25) is 0 Å². The van der Waals surface area contributed by atoms with Crippen molar-refractivity contribution in [1.29, 1.82) is 0 Å². The number of nitrogens with two attached hydrogens (primary N) is 1. The Morgan fingerprint density at radius 1 is 1.15 bits per heavy atom. The van der Waals surface area contributed by atoms with Crippen molar-refractivity contribution in [2.75, 3.05) is 10.5 Å². The quantitative estimate of drug-likeness (QED) is 0.824. The number of rotatable bonds is 3. The lowest BCUT2D eigenvalue weighted by molar-refractivity contribution is 0.548. The molecule has 0 aliphatic rings. The molecule has 4 nitrogen and oxygen atoms in total. The van der Waals surface area contributed by atoms with Crippen LogP contribution in [-0.4, -0.2) is 8.42 Å². The number of nitrogens with one attached hydrogen (secondary N) is 1. The maximum Gasteiger partial charge on any atom is 0.265 e. The van der Waals surface area contributed by atoms with Gasteiger partial charge in [-0.05, 0) is 40.2 Å². The molecule has 8 heteroatoms. The average molecular weight is 363 g/mol. The Hall–Kier alpha value is -1.67. The number of hydrogen-bond donors (Lipinski definition) is 2. The van der Waals surface area contributed by atoms with Crippen LogP contribution in [0.5, 0.6) is 0 Å². The summed E-state index contributed by atoms with van der Waals surface area (Å²) in [6.07, 6.45) is 0. The lowest BCUT2D eigenvalue weighted by Crippen LogP contribution is -2.15. The van der Waals surface area contributed by atoms with Crippen molar-refractivity contribution in [3.63, 3.8) is 0 Å². The van der Waals surface area contributed by atoms with E-state index in [-0.39, 0.29) is 10.2 Å². The number of halogens is 3. The highest BCUT2D eigenvalue weighted by molar-refractivity contribution is 9.10. The molecule has 0 bridgehead atoms. The summed E-state index contributed by atoms with van der Waals surface area (Å²) in [4.78, 5) is -0.665. The van der Waals surface area contributed by atoms with Gasteiger partial charge in [0.25, 0.3) is 10.0 Å². The van der Waals surface area contributed by atoms with Crippen LogP contribution in [0, 0.1) is 11.6 Å². The molecule has 20 heavy (non-hydrogen) atoms. The predicted octanol–water partition coefficient (Wildman–Crippen LogP) is 3.11. The molecule has 0 unspecified atom stereocenters. The van der Waals surface area contributed by atoms with Crippen molar-refractivity contribution in [3.8, 4) is 0 Å². The second-order valence-corrected chi connectivity index (χ2v) is 6.40. The van der Waals surface area contributed by atoms with E-state index in [1.165, 1.54) is 12.1 Å². The van der Waals surface area contributed by atoms with Crippen molar-refractivity contribution in [2.45, 2.75) is 4.90 Å². The van der Waals surface area contributed by atoms with Crippen LogP contribution >= 0.6 is 15.9 Å². The number of sulfonamides is 1. The molecule has 3 N–H and O–H groups in total. The van der Waals surface area contributed by atoms with E-state index >= 15 is 0 Å². The Morgan fingerprint density at radius 2 is 1.85 bits per heavy atom. The van der Waals surface area contributed by atoms with Crippen LogP contribution in [0.1, 0.15) is 0 Å². The zero-order chi connectivity index (χ0) is 14.9. The van der Waals surface area contributed by atoms with Gasteiger partial charge in [0.1, 0.15) is 16.5 Å². The fourth-order valence-corrected chi connectivity index (χ4v) is 3.81. The molecule has 2 rings (SSSR count). The number of benzene rings is 2. The molecule has 0 radical (unpaired) electrons. The first-order chi connectivity index (χ1) is 9.29. The smallest absolute Gasteiger partial charge is 0.265 e. The summed E-state index contributed by atoms with van der Waals surface area (Å²) in [6.45, 7) is 0. The molecule has 0 aliphatic heterocycles. The molecular weight excluding hydrogens is 354 g/mol. The summed E-state index contributed by atoms with van der Waals surface area (Å²) in [6, 6.07) is 7.33. The highest BCUT2D eigenvalue weighted by Gasteiger charge is 2.23. The van der Waals surface area contributed by atoms with E-state index in [1.807, 2.05) is 0 Å². The van der Waals surface area contributed by atoms with Gasteiger partial charge in [0.15, 0.2) is 0 Å². The largest absolute Gasteiger partial charge is 0.399 e. The van der Waals surface area contributed by atoms with Gasteiger partial charge in [-0.2, -0.15) is 0 Å². The van der Waals surface area contributed by atoms with Crippen LogP contribution < -0.4 is 10.5 Å². The number of nitrogen functional groups attached to an aromatic ring is 1. The third-order valence-electron chi connectivity index (χ3n) is 2.37. The molecule has 0 aromatic heterocycles. The Bertz CT molecular complexity index is 743. The molecule has 2 aromatic carbocycles. The molecule has 0 saturated heterocycles. The Morgan fingerprint density at radius 3 is 2.45 bits per heavy atom. The Balaban J connectivity index is 2.46. The molecule has 2 aromatic rings. The van der Waals surface area contributed by atoms with E-state index in [4.69, 9.17) is 5.73 Å². The number of anilines is 2. The lowest BCUT2D eigenvalue weighted by Gasteiger charge is -2.11. The zero-order valence-electron chi connectivity index (χ0n) is 9.90. The molecule has 0 atom stereocenters. The third kappa shape index (κ3) is 3.07. The molecule has 0 amide bonds. The second-order valence-electron chi connectivity index (χ2n) is 3.93. The number of hydrogen-bond acceptors (Lipinski definition) is 3. The van der Waals surface area contributed by atoms with Gasteiger partial charge in [-0.25, -0.2) is 17.2 Å². The fourth-order valence-electron chi connectivity index (χ4n) is 1.59. The zero-order valence-corrected chi connectivity index (χ0v) is 12.3. The van der Waals surface area contributed by atoms with E-state index < -0.39 is 26.6 Å². The van der Waals surface area contributed by atoms with E-state index in [2.05, 4.69) is 20.7 Å². The van der Waals surface area contributed by atoms with Gasteiger partial charge in [-0.1, -0.05) is 6.07 Å². The maximum absolute atomic E-state index is 13.7. The van der Waals surface area contributed by atoms with Gasteiger partial charge >= 0.3 is 0 Å². The van der Waals surface area contributed by atoms with Crippen LogP contribution in [0.15, 0.2) is 45.8 Å². The van der Waals surface area contributed by atoms with Gasteiger partial charge in [0.05, 0.1) is 5.69 Å². The first-order valence-electron chi connectivity index (χ1n) is 5.32. The van der Waals surface area contributed by atoms with Crippen molar-refractivity contribution < 1.29 is 17.2 Å². The van der Waals surface area contributed by atoms with Crippen LogP contribution in [0.3, 0.4) is 0 Å². The molecule has 0 spiro atoms. The molecule has 0 saturated carbocycles. The van der Waals surface area contributed by atoms with E-state index in [1.54, 1.807) is 12.1 Å². The van der Waals surface area contributed by atoms with Crippen LogP contribution in [-0.2, 0) is 10.0 Å². The van der Waals surface area contributed by atoms with Crippen molar-refractivity contribution in [1.82, 2.24) is 0 Å². The first-order valence-corrected chi connectivity index (χ1v) is 7.60. The SMILES string of the molecule is Nc1cccc(NS(=O)(=O)c2c(F)cc(F)cc2Br)c1. The van der Waals surface area contributed by atoms with Crippen LogP contribution in [0.4, 0.5) is 20.2 Å². The lowest BCUT2D eigenvalue weighted by atomic mass is 10.3. The van der Waals surface area contributed by atoms with Gasteiger partial charge in [-0.3, -0.25) is 4.72 Å². The highest BCUT2D eigenvalue weighted by atomic mass is 79.9. The van der Waals surface area contributed by atoms with E-state index in [0.29, 0.717) is 11.8 Å². The van der Waals surface area contributed by atoms with Gasteiger partial charge in [0.2, 0.25) is 0 Å². The summed E-state index contributed by atoms with van der Waals surface area (Å²) in [5.41, 5.74) is 6.06. The summed E-state index contributed by atoms with van der Waals surface area (Å²) in [7, 11) is -4.20. The minimum atomic E-state index is -4.20. The topological polar surface area (TPSA) is 72.2 Å².